The number of aryl methyl sites for hydroxylation is 2. The molecule has 0 fully saturated rings. The lowest BCUT2D eigenvalue weighted by Crippen LogP contribution is -2.18. The Kier molecular flexibility index (Phi) is 4.85. The summed E-state index contributed by atoms with van der Waals surface area (Å²) in [6, 6.07) is 19.0. The highest BCUT2D eigenvalue weighted by molar-refractivity contribution is 7.19. The van der Waals surface area contributed by atoms with Gasteiger partial charge >= 0.3 is 0 Å². The molecule has 5 heteroatoms. The maximum absolute atomic E-state index is 6.26. The maximum Gasteiger partial charge on any atom is 0.225 e. The van der Waals surface area contributed by atoms with E-state index in [0.717, 1.165) is 22.6 Å². The van der Waals surface area contributed by atoms with Gasteiger partial charge in [-0.05, 0) is 36.6 Å². The van der Waals surface area contributed by atoms with Crippen LogP contribution < -0.4 is 4.90 Å². The molecule has 0 saturated heterocycles. The van der Waals surface area contributed by atoms with E-state index >= 15 is 0 Å². The van der Waals surface area contributed by atoms with Crippen molar-refractivity contribution in [2.24, 2.45) is 0 Å². The second-order valence-electron chi connectivity index (χ2n) is 6.74. The maximum atomic E-state index is 6.26. The molecule has 0 aliphatic heterocycles. The highest BCUT2D eigenvalue weighted by atomic mass is 35.5. The number of aromatic nitrogens is 2. The Labute approximate surface area is 168 Å². The summed E-state index contributed by atoms with van der Waals surface area (Å²) in [5.41, 5.74) is 4.86. The van der Waals surface area contributed by atoms with Crippen LogP contribution >= 0.6 is 22.9 Å². The molecule has 2 aromatic heterocycles. The van der Waals surface area contributed by atoms with Crippen molar-refractivity contribution in [2.75, 3.05) is 11.9 Å². The van der Waals surface area contributed by atoms with Crippen LogP contribution in [0, 0.1) is 13.8 Å². The van der Waals surface area contributed by atoms with Crippen molar-refractivity contribution in [3.63, 3.8) is 0 Å². The molecule has 0 atom stereocenters. The van der Waals surface area contributed by atoms with Crippen LogP contribution in [-0.2, 0) is 6.54 Å². The molecule has 0 spiro atoms. The first-order valence-corrected chi connectivity index (χ1v) is 10.0. The molecule has 0 unspecified atom stereocenters. The number of rotatable bonds is 4. The second kappa shape index (κ2) is 7.29. The largest absolute Gasteiger partial charge is 0.355 e. The smallest absolute Gasteiger partial charge is 0.225 e. The first-order valence-electron chi connectivity index (χ1n) is 8.81. The predicted molar refractivity (Wildman–Crippen MR) is 116 cm³/mol. The van der Waals surface area contributed by atoms with Crippen molar-refractivity contribution in [3.05, 3.63) is 75.9 Å². The topological polar surface area (TPSA) is 29.0 Å². The molecule has 4 rings (SSSR count). The van der Waals surface area contributed by atoms with Gasteiger partial charge in [-0.15, -0.1) is 11.3 Å². The third-order valence-corrected chi connectivity index (χ3v) is 5.81. The van der Waals surface area contributed by atoms with Gasteiger partial charge in [-0.3, -0.25) is 0 Å². The Bertz CT molecular complexity index is 1090. The van der Waals surface area contributed by atoms with E-state index in [0.29, 0.717) is 0 Å². The summed E-state index contributed by atoms with van der Waals surface area (Å²) in [5, 5.41) is 1.36. The van der Waals surface area contributed by atoms with Gasteiger partial charge in [0, 0.05) is 24.0 Å². The molecule has 136 valence electrons. The minimum absolute atomic E-state index is 0.286. The summed E-state index contributed by atoms with van der Waals surface area (Å²) in [4.78, 5) is 13.4. The zero-order valence-corrected chi connectivity index (χ0v) is 17.1. The van der Waals surface area contributed by atoms with E-state index in [1.54, 1.807) is 11.3 Å². The average molecular weight is 394 g/mol. The normalized spacial score (nSPS) is 11.1. The van der Waals surface area contributed by atoms with Gasteiger partial charge in [-0.2, -0.15) is 4.98 Å². The van der Waals surface area contributed by atoms with E-state index in [9.17, 15) is 0 Å². The zero-order valence-electron chi connectivity index (χ0n) is 15.5. The number of thiophene rings is 1. The molecule has 2 aromatic carbocycles. The van der Waals surface area contributed by atoms with E-state index in [4.69, 9.17) is 11.6 Å². The molecule has 2 heterocycles. The number of hydrogen-bond acceptors (Lipinski definition) is 4. The highest BCUT2D eigenvalue weighted by Gasteiger charge is 2.20. The summed E-state index contributed by atoms with van der Waals surface area (Å²) < 4.78 is 0. The van der Waals surface area contributed by atoms with Crippen molar-refractivity contribution in [1.29, 1.82) is 0 Å². The zero-order chi connectivity index (χ0) is 19.0. The SMILES string of the molecule is Cc1ccc(-c2c(C)sc3nc(Cl)nc(N(C)Cc4ccccc4)c23)cc1. The lowest BCUT2D eigenvalue weighted by molar-refractivity contribution is 0.901. The van der Waals surface area contributed by atoms with Gasteiger partial charge in [0.05, 0.1) is 5.39 Å². The fourth-order valence-corrected chi connectivity index (χ4v) is 4.60. The van der Waals surface area contributed by atoms with Gasteiger partial charge in [0.15, 0.2) is 0 Å². The fourth-order valence-electron chi connectivity index (χ4n) is 3.34. The number of hydrogen-bond donors (Lipinski definition) is 0. The number of nitrogens with zero attached hydrogens (tertiary/aromatic N) is 3. The third-order valence-electron chi connectivity index (χ3n) is 4.65. The summed E-state index contributed by atoms with van der Waals surface area (Å²) >= 11 is 7.92. The van der Waals surface area contributed by atoms with Crippen molar-refractivity contribution in [1.82, 2.24) is 9.97 Å². The quantitative estimate of drug-likeness (QED) is 0.383. The van der Waals surface area contributed by atoms with Crippen molar-refractivity contribution in [3.8, 4) is 11.1 Å². The van der Waals surface area contributed by atoms with E-state index in [-0.39, 0.29) is 5.28 Å². The lowest BCUT2D eigenvalue weighted by atomic mass is 10.0. The molecule has 0 saturated carbocycles. The molecule has 0 radical (unpaired) electrons. The van der Waals surface area contributed by atoms with Crippen LogP contribution in [0.3, 0.4) is 0 Å². The minimum Gasteiger partial charge on any atom is -0.355 e. The molecule has 27 heavy (non-hydrogen) atoms. The molecule has 0 aliphatic carbocycles. The lowest BCUT2D eigenvalue weighted by Gasteiger charge is -2.20. The van der Waals surface area contributed by atoms with E-state index in [2.05, 4.69) is 84.3 Å². The molecule has 0 N–H and O–H groups in total. The third kappa shape index (κ3) is 3.55. The van der Waals surface area contributed by atoms with E-state index in [1.165, 1.54) is 27.1 Å². The number of fused-ring (bicyclic) bond motifs is 1. The van der Waals surface area contributed by atoms with Gasteiger partial charge < -0.3 is 4.90 Å². The molecule has 0 aliphatic rings. The van der Waals surface area contributed by atoms with Crippen LogP contribution in [0.1, 0.15) is 16.0 Å². The summed E-state index contributed by atoms with van der Waals surface area (Å²) in [6.45, 7) is 4.99. The van der Waals surface area contributed by atoms with Crippen molar-refractivity contribution in [2.45, 2.75) is 20.4 Å². The fraction of sp³-hybridized carbons (Fsp3) is 0.182. The molecule has 0 bridgehead atoms. The monoisotopic (exact) mass is 393 g/mol. The van der Waals surface area contributed by atoms with E-state index in [1.807, 2.05) is 6.07 Å². The Balaban J connectivity index is 1.88. The van der Waals surface area contributed by atoms with Crippen molar-refractivity contribution < 1.29 is 0 Å². The van der Waals surface area contributed by atoms with Crippen LogP contribution in [-0.4, -0.2) is 17.0 Å². The van der Waals surface area contributed by atoms with Gasteiger partial charge in [-0.25, -0.2) is 4.98 Å². The number of halogens is 1. The first kappa shape index (κ1) is 18.0. The molecular weight excluding hydrogens is 374 g/mol. The van der Waals surface area contributed by atoms with Crippen molar-refractivity contribution >= 4 is 39.0 Å². The van der Waals surface area contributed by atoms with Gasteiger partial charge in [0.1, 0.15) is 10.6 Å². The van der Waals surface area contributed by atoms with Crippen LogP contribution in [0.4, 0.5) is 5.82 Å². The highest BCUT2D eigenvalue weighted by Crippen LogP contribution is 2.42. The first-order chi connectivity index (χ1) is 13.0. The molecular formula is C22H20ClN3S. The van der Waals surface area contributed by atoms with Gasteiger partial charge in [0.25, 0.3) is 0 Å². The molecule has 3 nitrogen and oxygen atoms in total. The average Bonchev–Trinajstić information content (AvgIpc) is 2.98. The Morgan fingerprint density at radius 3 is 2.37 bits per heavy atom. The molecule has 4 aromatic rings. The molecule has 0 amide bonds. The van der Waals surface area contributed by atoms with Gasteiger partial charge in [-0.1, -0.05) is 60.2 Å². The Hall–Kier alpha value is -2.43. The van der Waals surface area contributed by atoms with Crippen LogP contribution in [0.25, 0.3) is 21.3 Å². The van der Waals surface area contributed by atoms with E-state index < -0.39 is 0 Å². The number of benzene rings is 2. The van der Waals surface area contributed by atoms with Crippen LogP contribution in [0.2, 0.25) is 5.28 Å². The predicted octanol–water partition coefficient (Wildman–Crippen LogP) is 6.26. The minimum atomic E-state index is 0.286. The second-order valence-corrected chi connectivity index (χ2v) is 8.28. The summed E-state index contributed by atoms with van der Waals surface area (Å²) in [6.07, 6.45) is 0. The summed E-state index contributed by atoms with van der Waals surface area (Å²) in [5.74, 6) is 0.869. The van der Waals surface area contributed by atoms with Gasteiger partial charge in [0.2, 0.25) is 5.28 Å². The summed E-state index contributed by atoms with van der Waals surface area (Å²) in [7, 11) is 2.05. The standard InChI is InChI=1S/C22H20ClN3S/c1-14-9-11-17(12-10-14)18-15(2)27-21-19(18)20(24-22(23)25-21)26(3)13-16-7-5-4-6-8-16/h4-12H,13H2,1-3H3. The van der Waals surface area contributed by atoms with Crippen LogP contribution in [0.15, 0.2) is 54.6 Å². The van der Waals surface area contributed by atoms with Crippen LogP contribution in [0.5, 0.6) is 0 Å². The number of anilines is 1. The Morgan fingerprint density at radius 2 is 1.67 bits per heavy atom. The Morgan fingerprint density at radius 1 is 0.963 bits per heavy atom.